The highest BCUT2D eigenvalue weighted by molar-refractivity contribution is 7.12. The lowest BCUT2D eigenvalue weighted by Crippen LogP contribution is -2.46. The Balaban J connectivity index is 1.68. The van der Waals surface area contributed by atoms with Gasteiger partial charge in [0, 0.05) is 11.6 Å². The average Bonchev–Trinajstić information content (AvgIpc) is 3.25. The molecule has 6 heteroatoms. The first-order valence-corrected chi connectivity index (χ1v) is 9.22. The Hall–Kier alpha value is -1.85. The summed E-state index contributed by atoms with van der Waals surface area (Å²) in [5.74, 6) is -0.164. The van der Waals surface area contributed by atoms with Gasteiger partial charge in [-0.1, -0.05) is 29.8 Å². The average molecular weight is 363 g/mol. The van der Waals surface area contributed by atoms with Crippen LogP contribution >= 0.6 is 22.9 Å². The molecule has 1 aromatic carbocycles. The number of benzene rings is 1. The van der Waals surface area contributed by atoms with Gasteiger partial charge in [0.2, 0.25) is 5.91 Å². The van der Waals surface area contributed by atoms with Gasteiger partial charge in [-0.2, -0.15) is 0 Å². The van der Waals surface area contributed by atoms with Crippen molar-refractivity contribution in [1.82, 2.24) is 10.2 Å². The zero-order valence-corrected chi connectivity index (χ0v) is 14.9. The number of hydrogen-bond donors (Lipinski definition) is 1. The van der Waals surface area contributed by atoms with Crippen LogP contribution in [0.15, 0.2) is 41.8 Å². The molecular weight excluding hydrogens is 344 g/mol. The van der Waals surface area contributed by atoms with Crippen LogP contribution in [0.4, 0.5) is 0 Å². The predicted octanol–water partition coefficient (Wildman–Crippen LogP) is 3.88. The molecule has 1 aromatic heterocycles. The minimum atomic E-state index is -0.402. The molecule has 1 unspecified atom stereocenters. The van der Waals surface area contributed by atoms with Crippen molar-refractivity contribution in [2.24, 2.45) is 0 Å². The summed E-state index contributed by atoms with van der Waals surface area (Å²) in [5.41, 5.74) is 0.949. The minimum Gasteiger partial charge on any atom is -0.348 e. The highest BCUT2D eigenvalue weighted by atomic mass is 35.5. The SMILES string of the molecule is CC(NC(=O)[C@@H]1CCCN1C(=O)c1cccs1)c1cccc(Cl)c1. The molecule has 4 nitrogen and oxygen atoms in total. The topological polar surface area (TPSA) is 49.4 Å². The largest absolute Gasteiger partial charge is 0.348 e. The van der Waals surface area contributed by atoms with E-state index in [1.165, 1.54) is 11.3 Å². The molecule has 2 aromatic rings. The van der Waals surface area contributed by atoms with Gasteiger partial charge >= 0.3 is 0 Å². The monoisotopic (exact) mass is 362 g/mol. The molecule has 2 amide bonds. The summed E-state index contributed by atoms with van der Waals surface area (Å²) in [6.07, 6.45) is 1.55. The second kappa shape index (κ2) is 7.36. The van der Waals surface area contributed by atoms with Gasteiger partial charge in [-0.15, -0.1) is 11.3 Å². The van der Waals surface area contributed by atoms with Crippen molar-refractivity contribution >= 4 is 34.8 Å². The molecule has 1 aliphatic heterocycles. The van der Waals surface area contributed by atoms with E-state index in [0.717, 1.165) is 12.0 Å². The van der Waals surface area contributed by atoms with E-state index < -0.39 is 6.04 Å². The Labute approximate surface area is 150 Å². The van der Waals surface area contributed by atoms with E-state index in [2.05, 4.69) is 5.32 Å². The van der Waals surface area contributed by atoms with E-state index in [1.54, 1.807) is 17.0 Å². The zero-order chi connectivity index (χ0) is 17.1. The van der Waals surface area contributed by atoms with Gasteiger partial charge in [-0.3, -0.25) is 9.59 Å². The van der Waals surface area contributed by atoms with Crippen molar-refractivity contribution in [2.75, 3.05) is 6.54 Å². The number of rotatable bonds is 4. The number of likely N-dealkylation sites (tertiary alicyclic amines) is 1. The number of hydrogen-bond acceptors (Lipinski definition) is 3. The number of amides is 2. The van der Waals surface area contributed by atoms with E-state index in [-0.39, 0.29) is 17.9 Å². The van der Waals surface area contributed by atoms with Crippen molar-refractivity contribution in [3.05, 3.63) is 57.2 Å². The standard InChI is InChI=1S/C18H19ClN2O2S/c1-12(13-5-2-6-14(19)11-13)20-17(22)15-7-3-9-21(15)18(23)16-8-4-10-24-16/h2,4-6,8,10-12,15H,3,7,9H2,1H3,(H,20,22)/t12?,15-/m0/s1. The van der Waals surface area contributed by atoms with E-state index in [1.807, 2.05) is 36.6 Å². The Morgan fingerprint density at radius 3 is 2.88 bits per heavy atom. The van der Waals surface area contributed by atoms with Crippen LogP contribution in [0.1, 0.15) is 41.0 Å². The first-order valence-electron chi connectivity index (χ1n) is 7.96. The first kappa shape index (κ1) is 17.0. The van der Waals surface area contributed by atoms with Crippen molar-refractivity contribution in [3.63, 3.8) is 0 Å². The van der Waals surface area contributed by atoms with Crippen LogP contribution in [0.2, 0.25) is 5.02 Å². The third-order valence-corrected chi connectivity index (χ3v) is 5.35. The van der Waals surface area contributed by atoms with Crippen molar-refractivity contribution < 1.29 is 9.59 Å². The molecule has 1 saturated heterocycles. The Morgan fingerprint density at radius 2 is 2.17 bits per heavy atom. The third kappa shape index (κ3) is 3.62. The Kier molecular flexibility index (Phi) is 5.21. The highest BCUT2D eigenvalue weighted by Crippen LogP contribution is 2.24. The smallest absolute Gasteiger partial charge is 0.264 e. The van der Waals surface area contributed by atoms with E-state index >= 15 is 0 Å². The van der Waals surface area contributed by atoms with Crippen LogP contribution in [-0.2, 0) is 4.79 Å². The molecule has 126 valence electrons. The molecule has 3 rings (SSSR count). The third-order valence-electron chi connectivity index (χ3n) is 4.26. The number of halogens is 1. The molecule has 1 aliphatic rings. The van der Waals surface area contributed by atoms with Crippen molar-refractivity contribution in [2.45, 2.75) is 31.8 Å². The molecule has 0 spiro atoms. The van der Waals surface area contributed by atoms with Crippen LogP contribution in [0.3, 0.4) is 0 Å². The Bertz CT molecular complexity index is 732. The predicted molar refractivity (Wildman–Crippen MR) is 96.4 cm³/mol. The molecule has 1 fully saturated rings. The molecule has 0 bridgehead atoms. The lowest BCUT2D eigenvalue weighted by molar-refractivity contribution is -0.125. The maximum Gasteiger partial charge on any atom is 0.264 e. The van der Waals surface area contributed by atoms with Crippen LogP contribution in [0.25, 0.3) is 0 Å². The van der Waals surface area contributed by atoms with Crippen LogP contribution < -0.4 is 5.32 Å². The van der Waals surface area contributed by atoms with Gasteiger partial charge < -0.3 is 10.2 Å². The van der Waals surface area contributed by atoms with Crippen molar-refractivity contribution in [1.29, 1.82) is 0 Å². The Morgan fingerprint density at radius 1 is 1.33 bits per heavy atom. The minimum absolute atomic E-state index is 0.0574. The molecule has 0 aliphatic carbocycles. The van der Waals surface area contributed by atoms with Crippen LogP contribution in [0, 0.1) is 0 Å². The second-order valence-electron chi connectivity index (χ2n) is 5.92. The zero-order valence-electron chi connectivity index (χ0n) is 13.4. The summed E-state index contributed by atoms with van der Waals surface area (Å²) in [6, 6.07) is 10.5. The number of carbonyl (C=O) groups is 2. The van der Waals surface area contributed by atoms with Gasteiger partial charge in [0.05, 0.1) is 10.9 Å². The van der Waals surface area contributed by atoms with Crippen molar-refractivity contribution in [3.8, 4) is 0 Å². The van der Waals surface area contributed by atoms with Crippen LogP contribution in [0.5, 0.6) is 0 Å². The summed E-state index contributed by atoms with van der Waals surface area (Å²) in [5, 5.41) is 5.52. The van der Waals surface area contributed by atoms with E-state index in [0.29, 0.717) is 22.9 Å². The number of nitrogens with one attached hydrogen (secondary N) is 1. The fraction of sp³-hybridized carbons (Fsp3) is 0.333. The lowest BCUT2D eigenvalue weighted by atomic mass is 10.1. The summed E-state index contributed by atoms with van der Waals surface area (Å²) in [6.45, 7) is 2.55. The van der Waals surface area contributed by atoms with Gasteiger partial charge in [-0.05, 0) is 48.9 Å². The maximum absolute atomic E-state index is 12.7. The lowest BCUT2D eigenvalue weighted by Gasteiger charge is -2.25. The quantitative estimate of drug-likeness (QED) is 0.897. The van der Waals surface area contributed by atoms with E-state index in [4.69, 9.17) is 11.6 Å². The summed E-state index contributed by atoms with van der Waals surface area (Å²) >= 11 is 7.42. The number of nitrogens with zero attached hydrogens (tertiary/aromatic N) is 1. The fourth-order valence-electron chi connectivity index (χ4n) is 2.99. The first-order chi connectivity index (χ1) is 11.6. The second-order valence-corrected chi connectivity index (χ2v) is 7.30. The molecular formula is C18H19ClN2O2S. The molecule has 24 heavy (non-hydrogen) atoms. The molecule has 2 heterocycles. The molecule has 0 radical (unpaired) electrons. The maximum atomic E-state index is 12.7. The number of carbonyl (C=O) groups excluding carboxylic acids is 2. The van der Waals surface area contributed by atoms with Gasteiger partial charge in [0.25, 0.3) is 5.91 Å². The fourth-order valence-corrected chi connectivity index (χ4v) is 3.87. The summed E-state index contributed by atoms with van der Waals surface area (Å²) in [7, 11) is 0. The molecule has 2 atom stereocenters. The summed E-state index contributed by atoms with van der Waals surface area (Å²) in [4.78, 5) is 27.6. The molecule has 1 N–H and O–H groups in total. The van der Waals surface area contributed by atoms with E-state index in [9.17, 15) is 9.59 Å². The van der Waals surface area contributed by atoms with Gasteiger partial charge in [0.15, 0.2) is 0 Å². The van der Waals surface area contributed by atoms with Gasteiger partial charge in [0.1, 0.15) is 6.04 Å². The molecule has 0 saturated carbocycles. The summed E-state index contributed by atoms with van der Waals surface area (Å²) < 4.78 is 0. The highest BCUT2D eigenvalue weighted by Gasteiger charge is 2.35. The normalized spacial score (nSPS) is 18.4. The van der Waals surface area contributed by atoms with Gasteiger partial charge in [-0.25, -0.2) is 0 Å². The number of thiophene rings is 1. The van der Waals surface area contributed by atoms with Crippen LogP contribution in [-0.4, -0.2) is 29.3 Å².